The molecule has 2 rings (SSSR count). The second-order valence-electron chi connectivity index (χ2n) is 4.42. The van der Waals surface area contributed by atoms with Gasteiger partial charge in [0.1, 0.15) is 0 Å². The Kier molecular flexibility index (Phi) is 4.70. The molecule has 1 aromatic heterocycles. The van der Waals surface area contributed by atoms with Crippen molar-refractivity contribution in [2.75, 3.05) is 14.2 Å². The van der Waals surface area contributed by atoms with E-state index in [2.05, 4.69) is 15.5 Å². The number of ether oxygens (including phenoxy) is 2. The van der Waals surface area contributed by atoms with Crippen molar-refractivity contribution in [3.05, 3.63) is 40.7 Å². The smallest absolute Gasteiger partial charge is 0.251 e. The summed E-state index contributed by atoms with van der Waals surface area (Å²) in [5.74, 6) is 0.552. The normalized spacial score (nSPS) is 11.8. The molecule has 1 heterocycles. The van der Waals surface area contributed by atoms with Gasteiger partial charge in [0, 0.05) is 17.3 Å². The number of hydrogen-bond donors (Lipinski definition) is 2. The van der Waals surface area contributed by atoms with E-state index >= 15 is 0 Å². The largest absolute Gasteiger partial charge is 0.493 e. The van der Waals surface area contributed by atoms with E-state index in [1.807, 2.05) is 6.92 Å². The minimum absolute atomic E-state index is 0.178. The molecule has 0 fully saturated rings. The van der Waals surface area contributed by atoms with Crippen LogP contribution in [-0.4, -0.2) is 30.3 Å². The van der Waals surface area contributed by atoms with Gasteiger partial charge in [-0.15, -0.1) is 0 Å². The summed E-state index contributed by atoms with van der Waals surface area (Å²) in [6, 6.07) is 2.95. The number of hydrogen-bond acceptors (Lipinski definition) is 4. The first-order valence-electron chi connectivity index (χ1n) is 6.28. The zero-order valence-corrected chi connectivity index (χ0v) is 12.7. The van der Waals surface area contributed by atoms with Gasteiger partial charge >= 0.3 is 0 Å². The van der Waals surface area contributed by atoms with Crippen molar-refractivity contribution in [2.24, 2.45) is 0 Å². The molecule has 0 bridgehead atoms. The lowest BCUT2D eigenvalue weighted by Crippen LogP contribution is -2.26. The molecule has 0 saturated heterocycles. The molecule has 0 spiro atoms. The van der Waals surface area contributed by atoms with Crippen LogP contribution in [-0.2, 0) is 0 Å². The molecule has 1 atom stereocenters. The molecule has 1 aromatic carbocycles. The average Bonchev–Trinajstić information content (AvgIpc) is 3.00. The summed E-state index contributed by atoms with van der Waals surface area (Å²) in [5.41, 5.74) is 1.28. The Morgan fingerprint density at radius 1 is 1.38 bits per heavy atom. The third kappa shape index (κ3) is 3.28. The minimum atomic E-state index is -0.258. The van der Waals surface area contributed by atoms with E-state index in [0.29, 0.717) is 22.1 Å². The van der Waals surface area contributed by atoms with E-state index in [1.165, 1.54) is 14.2 Å². The first-order valence-corrected chi connectivity index (χ1v) is 6.65. The maximum absolute atomic E-state index is 12.3. The van der Waals surface area contributed by atoms with Gasteiger partial charge in [0.15, 0.2) is 11.5 Å². The number of amides is 1. The highest BCUT2D eigenvalue weighted by molar-refractivity contribution is 6.32. The van der Waals surface area contributed by atoms with E-state index in [4.69, 9.17) is 21.1 Å². The fourth-order valence-corrected chi connectivity index (χ4v) is 2.20. The van der Waals surface area contributed by atoms with E-state index in [9.17, 15) is 4.79 Å². The Bertz CT molecular complexity index is 629. The second-order valence-corrected chi connectivity index (χ2v) is 4.83. The predicted molar refractivity (Wildman–Crippen MR) is 79.0 cm³/mol. The first kappa shape index (κ1) is 15.2. The monoisotopic (exact) mass is 309 g/mol. The molecular formula is C14H16ClN3O3. The number of nitrogens with one attached hydrogen (secondary N) is 2. The molecule has 0 radical (unpaired) electrons. The number of carbonyl (C=O) groups is 1. The highest BCUT2D eigenvalue weighted by Gasteiger charge is 2.17. The molecule has 1 unspecified atom stereocenters. The molecule has 0 aliphatic carbocycles. The number of benzene rings is 1. The lowest BCUT2D eigenvalue weighted by molar-refractivity contribution is 0.0939. The summed E-state index contributed by atoms with van der Waals surface area (Å²) < 4.78 is 10.3. The fraction of sp³-hybridized carbons (Fsp3) is 0.286. The zero-order chi connectivity index (χ0) is 15.4. The van der Waals surface area contributed by atoms with Gasteiger partial charge in [0.05, 0.1) is 31.5 Å². The Labute approximate surface area is 127 Å². The van der Waals surface area contributed by atoms with Crippen molar-refractivity contribution in [1.82, 2.24) is 15.5 Å². The molecular weight excluding hydrogens is 294 g/mol. The SMILES string of the molecule is COc1cc(C(=O)NC(C)c2cn[nH]c2)cc(Cl)c1OC. The van der Waals surface area contributed by atoms with Crippen molar-refractivity contribution in [3.8, 4) is 11.5 Å². The summed E-state index contributed by atoms with van der Waals surface area (Å²) in [6.07, 6.45) is 3.39. The number of aromatic nitrogens is 2. The van der Waals surface area contributed by atoms with Crippen molar-refractivity contribution in [3.63, 3.8) is 0 Å². The van der Waals surface area contributed by atoms with Crippen LogP contribution in [0.5, 0.6) is 11.5 Å². The van der Waals surface area contributed by atoms with Gasteiger partial charge in [0.2, 0.25) is 0 Å². The van der Waals surface area contributed by atoms with Crippen LogP contribution >= 0.6 is 11.6 Å². The van der Waals surface area contributed by atoms with Crippen LogP contribution < -0.4 is 14.8 Å². The summed E-state index contributed by atoms with van der Waals surface area (Å²) in [7, 11) is 2.98. The van der Waals surface area contributed by atoms with E-state index in [-0.39, 0.29) is 11.9 Å². The lowest BCUT2D eigenvalue weighted by atomic mass is 10.1. The van der Waals surface area contributed by atoms with Crippen LogP contribution in [0.2, 0.25) is 5.02 Å². The van der Waals surface area contributed by atoms with Gasteiger partial charge in [-0.2, -0.15) is 5.10 Å². The molecule has 2 N–H and O–H groups in total. The van der Waals surface area contributed by atoms with Gasteiger partial charge in [0.25, 0.3) is 5.91 Å². The fourth-order valence-electron chi connectivity index (χ4n) is 1.91. The van der Waals surface area contributed by atoms with Crippen molar-refractivity contribution < 1.29 is 14.3 Å². The highest BCUT2D eigenvalue weighted by Crippen LogP contribution is 2.36. The maximum Gasteiger partial charge on any atom is 0.251 e. The molecule has 2 aromatic rings. The van der Waals surface area contributed by atoms with Crippen LogP contribution in [0.3, 0.4) is 0 Å². The van der Waals surface area contributed by atoms with E-state index in [1.54, 1.807) is 24.5 Å². The molecule has 7 heteroatoms. The average molecular weight is 310 g/mol. The van der Waals surface area contributed by atoms with E-state index in [0.717, 1.165) is 5.56 Å². The molecule has 6 nitrogen and oxygen atoms in total. The minimum Gasteiger partial charge on any atom is -0.493 e. The number of rotatable bonds is 5. The standard InChI is InChI=1S/C14H16ClN3O3/c1-8(10-6-16-17-7-10)18-14(19)9-4-11(15)13(21-3)12(5-9)20-2/h4-8H,1-3H3,(H,16,17)(H,18,19). The molecule has 0 aliphatic heterocycles. The lowest BCUT2D eigenvalue weighted by Gasteiger charge is -2.14. The van der Waals surface area contributed by atoms with Crippen LogP contribution in [0.25, 0.3) is 0 Å². The number of methoxy groups -OCH3 is 2. The number of carbonyl (C=O) groups excluding carboxylic acids is 1. The zero-order valence-electron chi connectivity index (χ0n) is 11.9. The van der Waals surface area contributed by atoms with Crippen molar-refractivity contribution in [2.45, 2.75) is 13.0 Å². The Balaban J connectivity index is 2.21. The van der Waals surface area contributed by atoms with Crippen LogP contribution in [0.4, 0.5) is 0 Å². The Morgan fingerprint density at radius 2 is 2.14 bits per heavy atom. The van der Waals surface area contributed by atoms with Crippen LogP contribution in [0.15, 0.2) is 24.5 Å². The van der Waals surface area contributed by atoms with Gasteiger partial charge in [-0.3, -0.25) is 9.89 Å². The van der Waals surface area contributed by atoms with Gasteiger partial charge < -0.3 is 14.8 Å². The van der Waals surface area contributed by atoms with Crippen LogP contribution in [0.1, 0.15) is 28.9 Å². The third-order valence-electron chi connectivity index (χ3n) is 3.06. The maximum atomic E-state index is 12.3. The molecule has 21 heavy (non-hydrogen) atoms. The van der Waals surface area contributed by atoms with Gasteiger partial charge in [-0.05, 0) is 19.1 Å². The number of H-pyrrole nitrogens is 1. The first-order chi connectivity index (χ1) is 10.1. The molecule has 1 amide bonds. The number of halogens is 1. The van der Waals surface area contributed by atoms with Gasteiger partial charge in [-0.25, -0.2) is 0 Å². The Hall–Kier alpha value is -2.21. The number of aromatic amines is 1. The predicted octanol–water partition coefficient (Wildman–Crippen LogP) is 2.57. The molecule has 112 valence electrons. The summed E-state index contributed by atoms with van der Waals surface area (Å²) >= 11 is 6.09. The topological polar surface area (TPSA) is 76.2 Å². The van der Waals surface area contributed by atoms with E-state index < -0.39 is 0 Å². The molecule has 0 saturated carbocycles. The van der Waals surface area contributed by atoms with Crippen molar-refractivity contribution in [1.29, 1.82) is 0 Å². The third-order valence-corrected chi connectivity index (χ3v) is 3.34. The van der Waals surface area contributed by atoms with Crippen LogP contribution in [0, 0.1) is 0 Å². The quantitative estimate of drug-likeness (QED) is 0.890. The highest BCUT2D eigenvalue weighted by atomic mass is 35.5. The Morgan fingerprint density at radius 3 is 2.71 bits per heavy atom. The molecule has 0 aliphatic rings. The summed E-state index contributed by atoms with van der Waals surface area (Å²) in [4.78, 5) is 12.3. The number of nitrogens with zero attached hydrogens (tertiary/aromatic N) is 1. The van der Waals surface area contributed by atoms with Gasteiger partial charge in [-0.1, -0.05) is 11.6 Å². The second kappa shape index (κ2) is 6.49. The summed E-state index contributed by atoms with van der Waals surface area (Å²) in [5, 5.41) is 9.74. The summed E-state index contributed by atoms with van der Waals surface area (Å²) in [6.45, 7) is 1.87. The van der Waals surface area contributed by atoms with Crippen molar-refractivity contribution >= 4 is 17.5 Å².